The van der Waals surface area contributed by atoms with Crippen LogP contribution >= 0.6 is 0 Å². The predicted octanol–water partition coefficient (Wildman–Crippen LogP) is 1.01. The third-order valence-electron chi connectivity index (χ3n) is 2.05. The highest BCUT2D eigenvalue weighted by Gasteiger charge is 2.04. The van der Waals surface area contributed by atoms with Crippen LogP contribution in [0.4, 0.5) is 0 Å². The lowest BCUT2D eigenvalue weighted by molar-refractivity contribution is -0.121. The molecular formula is C11H16N2O2. The van der Waals surface area contributed by atoms with Crippen molar-refractivity contribution in [3.05, 3.63) is 29.8 Å². The fourth-order valence-electron chi connectivity index (χ4n) is 1.33. The van der Waals surface area contributed by atoms with Gasteiger partial charge in [0.1, 0.15) is 5.75 Å². The zero-order valence-corrected chi connectivity index (χ0v) is 8.82. The molecule has 0 heterocycles. The zero-order valence-electron chi connectivity index (χ0n) is 8.82. The molecule has 0 bridgehead atoms. The van der Waals surface area contributed by atoms with E-state index < -0.39 is 0 Å². The third kappa shape index (κ3) is 3.59. The fraction of sp³-hybridized carbons (Fsp3) is 0.364. The van der Waals surface area contributed by atoms with Crippen molar-refractivity contribution in [2.24, 2.45) is 5.84 Å². The summed E-state index contributed by atoms with van der Waals surface area (Å²) < 4.78 is 5.44. The maximum absolute atomic E-state index is 11.0. The largest absolute Gasteiger partial charge is 0.494 e. The third-order valence-corrected chi connectivity index (χ3v) is 2.05. The Kier molecular flexibility index (Phi) is 4.63. The van der Waals surface area contributed by atoms with Gasteiger partial charge in [0.2, 0.25) is 5.91 Å². The summed E-state index contributed by atoms with van der Waals surface area (Å²) in [6, 6.07) is 7.70. The average molecular weight is 208 g/mol. The summed E-state index contributed by atoms with van der Waals surface area (Å²) in [7, 11) is 0. The normalized spacial score (nSPS) is 9.73. The first-order valence-corrected chi connectivity index (χ1v) is 4.98. The number of hydrogen-bond acceptors (Lipinski definition) is 3. The van der Waals surface area contributed by atoms with Crippen LogP contribution in [0.15, 0.2) is 24.3 Å². The Bertz CT molecular complexity index is 326. The summed E-state index contributed by atoms with van der Waals surface area (Å²) >= 11 is 0. The van der Waals surface area contributed by atoms with Crippen molar-refractivity contribution >= 4 is 5.91 Å². The van der Waals surface area contributed by atoms with Gasteiger partial charge in [0.05, 0.1) is 6.61 Å². The Morgan fingerprint density at radius 1 is 1.47 bits per heavy atom. The van der Waals surface area contributed by atoms with Gasteiger partial charge in [0.15, 0.2) is 0 Å². The average Bonchev–Trinajstić information content (AvgIpc) is 2.28. The van der Waals surface area contributed by atoms with Crippen LogP contribution in [-0.2, 0) is 11.2 Å². The molecule has 0 aliphatic carbocycles. The van der Waals surface area contributed by atoms with E-state index in [4.69, 9.17) is 10.6 Å². The second-order valence-electron chi connectivity index (χ2n) is 3.11. The molecule has 0 saturated carbocycles. The Morgan fingerprint density at radius 2 is 2.20 bits per heavy atom. The molecule has 0 aromatic heterocycles. The zero-order chi connectivity index (χ0) is 11.1. The Hall–Kier alpha value is -1.55. The SMILES string of the molecule is CCOc1ccccc1CCC(=O)NN. The Balaban J connectivity index is 2.62. The van der Waals surface area contributed by atoms with E-state index >= 15 is 0 Å². The summed E-state index contributed by atoms with van der Waals surface area (Å²) in [6.07, 6.45) is 1.01. The molecule has 1 aromatic rings. The molecule has 0 unspecified atom stereocenters. The number of hydrogen-bond donors (Lipinski definition) is 2. The number of rotatable bonds is 5. The minimum absolute atomic E-state index is 0.165. The molecule has 4 nitrogen and oxygen atoms in total. The molecule has 0 aliphatic rings. The van der Waals surface area contributed by atoms with Crippen LogP contribution < -0.4 is 16.0 Å². The van der Waals surface area contributed by atoms with Gasteiger partial charge in [-0.2, -0.15) is 0 Å². The predicted molar refractivity (Wildman–Crippen MR) is 58.3 cm³/mol. The van der Waals surface area contributed by atoms with Gasteiger partial charge in [-0.25, -0.2) is 5.84 Å². The molecule has 0 aliphatic heterocycles. The van der Waals surface area contributed by atoms with Gasteiger partial charge in [0.25, 0.3) is 0 Å². The van der Waals surface area contributed by atoms with Crippen LogP contribution in [0.25, 0.3) is 0 Å². The quantitative estimate of drug-likeness (QED) is 0.431. The van der Waals surface area contributed by atoms with Gasteiger partial charge in [-0.15, -0.1) is 0 Å². The number of carbonyl (C=O) groups excluding carboxylic acids is 1. The molecule has 82 valence electrons. The van der Waals surface area contributed by atoms with Crippen LogP contribution in [0.1, 0.15) is 18.9 Å². The number of nitrogens with one attached hydrogen (secondary N) is 1. The first-order valence-electron chi connectivity index (χ1n) is 4.98. The number of carbonyl (C=O) groups is 1. The van der Waals surface area contributed by atoms with Crippen LogP contribution in [0.2, 0.25) is 0 Å². The molecule has 15 heavy (non-hydrogen) atoms. The molecule has 0 atom stereocenters. The van der Waals surface area contributed by atoms with E-state index in [1.165, 1.54) is 0 Å². The van der Waals surface area contributed by atoms with Gasteiger partial charge in [-0.05, 0) is 25.0 Å². The van der Waals surface area contributed by atoms with Gasteiger partial charge < -0.3 is 4.74 Å². The first-order chi connectivity index (χ1) is 7.27. The Labute approximate surface area is 89.4 Å². The van der Waals surface area contributed by atoms with Gasteiger partial charge in [-0.3, -0.25) is 10.2 Å². The fourth-order valence-corrected chi connectivity index (χ4v) is 1.33. The second-order valence-corrected chi connectivity index (χ2v) is 3.11. The van der Waals surface area contributed by atoms with Crippen LogP contribution in [0, 0.1) is 0 Å². The van der Waals surface area contributed by atoms with Crippen molar-refractivity contribution in [2.75, 3.05) is 6.61 Å². The highest BCUT2D eigenvalue weighted by molar-refractivity contribution is 5.75. The van der Waals surface area contributed by atoms with E-state index in [0.717, 1.165) is 11.3 Å². The second kappa shape index (κ2) is 6.03. The summed E-state index contributed by atoms with van der Waals surface area (Å²) in [5, 5.41) is 0. The number of hydrazine groups is 1. The van der Waals surface area contributed by atoms with E-state index in [2.05, 4.69) is 5.43 Å². The standard InChI is InChI=1S/C11H16N2O2/c1-2-15-10-6-4-3-5-9(10)7-8-11(14)13-12/h3-6H,2,7-8,12H2,1H3,(H,13,14). The number of amides is 1. The molecule has 0 radical (unpaired) electrons. The Morgan fingerprint density at radius 3 is 2.87 bits per heavy atom. The van der Waals surface area contributed by atoms with E-state index in [1.54, 1.807) is 0 Å². The first kappa shape index (κ1) is 11.5. The number of ether oxygens (including phenoxy) is 1. The molecule has 0 spiro atoms. The minimum atomic E-state index is -0.165. The van der Waals surface area contributed by atoms with Crippen molar-refractivity contribution < 1.29 is 9.53 Å². The lowest BCUT2D eigenvalue weighted by atomic mass is 10.1. The van der Waals surface area contributed by atoms with Crippen LogP contribution in [0.3, 0.4) is 0 Å². The molecule has 0 saturated heterocycles. The van der Waals surface area contributed by atoms with E-state index in [9.17, 15) is 4.79 Å². The molecule has 0 fully saturated rings. The van der Waals surface area contributed by atoms with Crippen molar-refractivity contribution in [1.82, 2.24) is 5.43 Å². The smallest absolute Gasteiger partial charge is 0.234 e. The van der Waals surface area contributed by atoms with Gasteiger partial charge >= 0.3 is 0 Å². The van der Waals surface area contributed by atoms with Gasteiger partial charge in [-0.1, -0.05) is 18.2 Å². The molecule has 1 rings (SSSR count). The summed E-state index contributed by atoms with van der Waals surface area (Å²) in [4.78, 5) is 11.0. The van der Waals surface area contributed by atoms with Crippen molar-refractivity contribution in [1.29, 1.82) is 0 Å². The maximum Gasteiger partial charge on any atom is 0.234 e. The number of para-hydroxylation sites is 1. The van der Waals surface area contributed by atoms with Crippen LogP contribution in [-0.4, -0.2) is 12.5 Å². The summed E-state index contributed by atoms with van der Waals surface area (Å²) in [5.74, 6) is 5.67. The molecular weight excluding hydrogens is 192 g/mol. The lowest BCUT2D eigenvalue weighted by Crippen LogP contribution is -2.30. The molecule has 3 N–H and O–H groups in total. The number of nitrogens with two attached hydrogens (primary N) is 1. The van der Waals surface area contributed by atoms with Crippen molar-refractivity contribution in [3.8, 4) is 5.75 Å². The summed E-state index contributed by atoms with van der Waals surface area (Å²) in [5.41, 5.74) is 3.14. The number of benzene rings is 1. The highest BCUT2D eigenvalue weighted by atomic mass is 16.5. The highest BCUT2D eigenvalue weighted by Crippen LogP contribution is 2.19. The van der Waals surface area contributed by atoms with E-state index in [0.29, 0.717) is 19.4 Å². The molecule has 1 aromatic carbocycles. The summed E-state index contributed by atoms with van der Waals surface area (Å²) in [6.45, 7) is 2.56. The van der Waals surface area contributed by atoms with Crippen molar-refractivity contribution in [2.45, 2.75) is 19.8 Å². The molecule has 1 amide bonds. The van der Waals surface area contributed by atoms with Gasteiger partial charge in [0, 0.05) is 6.42 Å². The van der Waals surface area contributed by atoms with Crippen LogP contribution in [0.5, 0.6) is 5.75 Å². The maximum atomic E-state index is 11.0. The lowest BCUT2D eigenvalue weighted by Gasteiger charge is -2.09. The molecule has 4 heteroatoms. The van der Waals surface area contributed by atoms with E-state index in [1.807, 2.05) is 31.2 Å². The van der Waals surface area contributed by atoms with Crippen molar-refractivity contribution in [3.63, 3.8) is 0 Å². The topological polar surface area (TPSA) is 64.3 Å². The minimum Gasteiger partial charge on any atom is -0.494 e. The monoisotopic (exact) mass is 208 g/mol. The number of aryl methyl sites for hydroxylation is 1. The van der Waals surface area contributed by atoms with E-state index in [-0.39, 0.29) is 5.91 Å².